The molecule has 1 aliphatic rings. The molecule has 0 radical (unpaired) electrons. The van der Waals surface area contributed by atoms with E-state index in [1.54, 1.807) is 23.0 Å². The Morgan fingerprint density at radius 2 is 1.95 bits per heavy atom. The summed E-state index contributed by atoms with van der Waals surface area (Å²) in [5.74, 6) is 1.02. The van der Waals surface area contributed by atoms with Gasteiger partial charge in [0.2, 0.25) is 5.95 Å². The van der Waals surface area contributed by atoms with Crippen LogP contribution in [-0.4, -0.2) is 62.3 Å². The molecule has 5 N–H and O–H groups in total. The van der Waals surface area contributed by atoms with E-state index in [2.05, 4.69) is 27.3 Å². The van der Waals surface area contributed by atoms with Gasteiger partial charge in [0.05, 0.1) is 19.3 Å². The number of unbranched alkanes of at least 4 members (excludes halogenated alkanes) is 1. The molecule has 1 aromatic carbocycles. The fourth-order valence-electron chi connectivity index (χ4n) is 5.14. The number of rotatable bonds is 13. The molecule has 0 saturated heterocycles. The predicted molar refractivity (Wildman–Crippen MR) is 144 cm³/mol. The number of hydrogen-bond acceptors (Lipinski definition) is 8. The van der Waals surface area contributed by atoms with Gasteiger partial charge in [0.1, 0.15) is 5.52 Å². The Hall–Kier alpha value is -2.89. The average Bonchev–Trinajstić information content (AvgIpc) is 3.32. The van der Waals surface area contributed by atoms with Crippen molar-refractivity contribution in [2.75, 3.05) is 36.9 Å². The monoisotopic (exact) mass is 531 g/mol. The quantitative estimate of drug-likeness (QED) is 0.264. The molecule has 2 aromatic heterocycles. The first-order valence-electron chi connectivity index (χ1n) is 13.5. The summed E-state index contributed by atoms with van der Waals surface area (Å²) in [7, 11) is 0. The third kappa shape index (κ3) is 6.95. The van der Waals surface area contributed by atoms with Crippen LogP contribution < -0.4 is 16.0 Å². The van der Waals surface area contributed by atoms with Crippen LogP contribution in [0.4, 0.5) is 20.5 Å². The smallest absolute Gasteiger partial charge is 0.264 e. The Kier molecular flexibility index (Phi) is 9.81. The maximum absolute atomic E-state index is 14.1. The minimum atomic E-state index is -2.62. The molecule has 9 nitrogen and oxygen atoms in total. The van der Waals surface area contributed by atoms with Gasteiger partial charge in [0.15, 0.2) is 11.3 Å². The summed E-state index contributed by atoms with van der Waals surface area (Å²) in [6.45, 7) is 4.02. The fraction of sp³-hybridized carbons (Fsp3) is 0.593. The first-order valence-corrected chi connectivity index (χ1v) is 13.5. The number of aromatic nitrogens is 4. The largest absolute Gasteiger partial charge is 0.396 e. The van der Waals surface area contributed by atoms with Crippen LogP contribution in [0.25, 0.3) is 11.0 Å². The maximum atomic E-state index is 14.1. The van der Waals surface area contributed by atoms with Gasteiger partial charge < -0.3 is 26.2 Å². The van der Waals surface area contributed by atoms with E-state index in [4.69, 9.17) is 5.73 Å². The van der Waals surface area contributed by atoms with Crippen LogP contribution in [0.3, 0.4) is 0 Å². The van der Waals surface area contributed by atoms with Gasteiger partial charge in [-0.25, -0.2) is 13.8 Å². The van der Waals surface area contributed by atoms with Crippen molar-refractivity contribution in [3.8, 4) is 0 Å². The van der Waals surface area contributed by atoms with E-state index < -0.39 is 6.43 Å². The summed E-state index contributed by atoms with van der Waals surface area (Å²) < 4.78 is 29.7. The molecule has 0 spiro atoms. The molecule has 0 amide bonds. The van der Waals surface area contributed by atoms with Gasteiger partial charge in [-0.2, -0.15) is 10.1 Å². The highest BCUT2D eigenvalue weighted by molar-refractivity contribution is 5.86. The van der Waals surface area contributed by atoms with Crippen LogP contribution in [0.1, 0.15) is 68.6 Å². The van der Waals surface area contributed by atoms with Crippen LogP contribution in [0.5, 0.6) is 0 Å². The number of nitrogen functional groups attached to an aromatic ring is 1. The summed E-state index contributed by atoms with van der Waals surface area (Å²) in [6, 6.07) is 5.54. The molecule has 1 fully saturated rings. The van der Waals surface area contributed by atoms with Crippen molar-refractivity contribution in [2.45, 2.75) is 71.0 Å². The van der Waals surface area contributed by atoms with Crippen LogP contribution >= 0.6 is 0 Å². The van der Waals surface area contributed by atoms with E-state index in [0.29, 0.717) is 54.0 Å². The van der Waals surface area contributed by atoms with Gasteiger partial charge in [0.25, 0.3) is 6.43 Å². The Morgan fingerprint density at radius 1 is 1.16 bits per heavy atom. The van der Waals surface area contributed by atoms with Crippen molar-refractivity contribution in [1.29, 1.82) is 0 Å². The van der Waals surface area contributed by atoms with E-state index in [1.807, 2.05) is 11.0 Å². The van der Waals surface area contributed by atoms with E-state index >= 15 is 0 Å². The van der Waals surface area contributed by atoms with Gasteiger partial charge >= 0.3 is 0 Å². The predicted octanol–water partition coefficient (Wildman–Crippen LogP) is 3.63. The minimum Gasteiger partial charge on any atom is -0.396 e. The van der Waals surface area contributed by atoms with E-state index in [-0.39, 0.29) is 31.3 Å². The second-order valence-corrected chi connectivity index (χ2v) is 10.1. The van der Waals surface area contributed by atoms with E-state index in [1.165, 1.54) is 0 Å². The van der Waals surface area contributed by atoms with Crippen molar-refractivity contribution < 1.29 is 19.0 Å². The number of nitrogens with zero attached hydrogens (tertiary/aromatic N) is 5. The zero-order valence-electron chi connectivity index (χ0n) is 22.0. The molecule has 208 valence electrons. The number of nitrogens with two attached hydrogens (primary N) is 1. The van der Waals surface area contributed by atoms with Crippen molar-refractivity contribution in [3.63, 3.8) is 0 Å². The van der Waals surface area contributed by atoms with E-state index in [0.717, 1.165) is 44.1 Å². The minimum absolute atomic E-state index is 0.0106. The van der Waals surface area contributed by atoms with Crippen molar-refractivity contribution in [3.05, 3.63) is 41.1 Å². The molecule has 0 atom stereocenters. The second kappa shape index (κ2) is 13.3. The maximum Gasteiger partial charge on any atom is 0.264 e. The van der Waals surface area contributed by atoms with Crippen molar-refractivity contribution >= 4 is 22.8 Å². The normalized spacial score (nSPS) is 17.9. The lowest BCUT2D eigenvalue weighted by atomic mass is 9.86. The van der Waals surface area contributed by atoms with Gasteiger partial charge in [-0.05, 0) is 55.2 Å². The molecule has 1 saturated carbocycles. The van der Waals surface area contributed by atoms with Crippen LogP contribution in [0, 0.1) is 5.92 Å². The SMILES string of the molecule is CCCCN(CCO)c1nc(N)nc2cn(Cc3ccc(CNC4CCC(CO)CC4)cc3C(F)F)nc12. The standard InChI is InChI=1S/C27H39F2N7O2/c1-2-3-10-35(11-12-37)26-24-23(32-27(30)33-26)16-36(34-24)15-20-7-4-19(13-22(20)25(28)29)14-31-21-8-5-18(17-38)6-9-21/h4,7,13,16,18,21,25,31,37-38H,2-3,5-6,8-12,14-15,17H2,1H3,(H2,30,32). The molecule has 0 unspecified atom stereocenters. The average molecular weight is 532 g/mol. The highest BCUT2D eigenvalue weighted by atomic mass is 19.3. The summed E-state index contributed by atoms with van der Waals surface area (Å²) in [4.78, 5) is 10.6. The number of fused-ring (bicyclic) bond motifs is 1. The number of aliphatic hydroxyl groups excluding tert-OH is 2. The summed E-state index contributed by atoms with van der Waals surface area (Å²) >= 11 is 0. The highest BCUT2D eigenvalue weighted by Crippen LogP contribution is 2.28. The zero-order valence-corrected chi connectivity index (χ0v) is 22.0. The van der Waals surface area contributed by atoms with Crippen LogP contribution in [0.2, 0.25) is 0 Å². The number of benzene rings is 1. The lowest BCUT2D eigenvalue weighted by Crippen LogP contribution is -2.33. The Morgan fingerprint density at radius 3 is 2.63 bits per heavy atom. The number of nitrogens with one attached hydrogen (secondary N) is 1. The first-order chi connectivity index (χ1) is 18.4. The molecule has 2 heterocycles. The zero-order chi connectivity index (χ0) is 27.1. The van der Waals surface area contributed by atoms with E-state index in [9.17, 15) is 19.0 Å². The summed E-state index contributed by atoms with van der Waals surface area (Å²) in [6.07, 6.45) is 4.92. The molecular weight excluding hydrogens is 492 g/mol. The van der Waals surface area contributed by atoms with Gasteiger partial charge in [0, 0.05) is 37.8 Å². The molecule has 38 heavy (non-hydrogen) atoms. The summed E-state index contributed by atoms with van der Waals surface area (Å²) in [5.41, 5.74) is 8.31. The van der Waals surface area contributed by atoms with Gasteiger partial charge in [-0.3, -0.25) is 4.68 Å². The topological polar surface area (TPSA) is 125 Å². The van der Waals surface area contributed by atoms with Gasteiger partial charge in [-0.15, -0.1) is 0 Å². The number of aliphatic hydroxyl groups is 2. The molecule has 3 aromatic rings. The second-order valence-electron chi connectivity index (χ2n) is 10.1. The Labute approximate surface area is 222 Å². The first kappa shape index (κ1) is 28.1. The van der Waals surface area contributed by atoms with Crippen molar-refractivity contribution in [1.82, 2.24) is 25.1 Å². The lowest BCUT2D eigenvalue weighted by molar-refractivity contribution is 0.150. The van der Waals surface area contributed by atoms with Crippen molar-refractivity contribution in [2.24, 2.45) is 5.92 Å². The molecule has 1 aliphatic carbocycles. The molecular formula is C27H39F2N7O2. The fourth-order valence-corrected chi connectivity index (χ4v) is 5.14. The number of alkyl halides is 2. The Balaban J connectivity index is 1.52. The van der Waals surface area contributed by atoms with Crippen LogP contribution in [0.15, 0.2) is 24.4 Å². The third-order valence-electron chi connectivity index (χ3n) is 7.34. The number of anilines is 2. The highest BCUT2D eigenvalue weighted by Gasteiger charge is 2.21. The van der Waals surface area contributed by atoms with Gasteiger partial charge in [-0.1, -0.05) is 25.5 Å². The molecule has 4 rings (SSSR count). The lowest BCUT2D eigenvalue weighted by Gasteiger charge is -2.28. The molecule has 11 heteroatoms. The number of halogens is 2. The third-order valence-corrected chi connectivity index (χ3v) is 7.34. The number of hydrogen-bond donors (Lipinski definition) is 4. The molecule has 0 aliphatic heterocycles. The Bertz CT molecular complexity index is 1180. The molecule has 0 bridgehead atoms. The summed E-state index contributed by atoms with van der Waals surface area (Å²) in [5, 5.41) is 27.0. The van der Waals surface area contributed by atoms with Crippen LogP contribution in [-0.2, 0) is 13.1 Å².